The van der Waals surface area contributed by atoms with E-state index in [9.17, 15) is 0 Å². The minimum atomic E-state index is 0.228. The topological polar surface area (TPSA) is 43.0 Å². The normalized spacial score (nSPS) is 22.4. The zero-order valence-electron chi connectivity index (χ0n) is 26.9. The summed E-state index contributed by atoms with van der Waals surface area (Å²) in [4.78, 5) is 19.0. The average Bonchev–Trinajstić information content (AvgIpc) is 3.15. The predicted octanol–water partition coefficient (Wildman–Crippen LogP) is 11.2. The molecule has 4 saturated carbocycles. The summed E-state index contributed by atoms with van der Waals surface area (Å²) in [6, 6.07) is 44.1. The van der Waals surface area contributed by atoms with Gasteiger partial charge in [-0.25, -0.2) is 19.8 Å². The Balaban J connectivity index is 1.11. The number of rotatable bonds is 6. The van der Waals surface area contributed by atoms with Crippen molar-refractivity contribution < 1.29 is 0 Å². The van der Waals surface area contributed by atoms with E-state index in [-0.39, 0.29) is 5.41 Å². The van der Waals surface area contributed by atoms with Gasteiger partial charge in [-0.05, 0) is 96.1 Å². The number of hydrogen-bond acceptors (Lipinski definition) is 3. The molecule has 0 radical (unpaired) electrons. The molecule has 0 amide bonds. The molecule has 0 atom stereocenters. The highest BCUT2D eigenvalue weighted by molar-refractivity contribution is 5.76. The zero-order valence-corrected chi connectivity index (χ0v) is 26.9. The number of benzene rings is 5. The molecule has 5 aromatic carbocycles. The van der Waals surface area contributed by atoms with Gasteiger partial charge in [-0.3, -0.25) is 0 Å². The Morgan fingerprint density at radius 3 is 1.54 bits per heavy atom. The third-order valence-corrected chi connectivity index (χ3v) is 11.1. The van der Waals surface area contributed by atoms with Crippen LogP contribution in [0.25, 0.3) is 61.3 Å². The summed E-state index contributed by atoms with van der Waals surface area (Å²) in [7, 11) is 0. The molecule has 0 unspecified atom stereocenters. The summed E-state index contributed by atoms with van der Waals surface area (Å²) in [6.45, 7) is 7.98. The van der Waals surface area contributed by atoms with Crippen LogP contribution in [0.1, 0.15) is 44.1 Å². The number of aromatic nitrogens is 3. The molecule has 48 heavy (non-hydrogen) atoms. The molecule has 4 fully saturated rings. The van der Waals surface area contributed by atoms with Crippen molar-refractivity contribution in [1.82, 2.24) is 15.0 Å². The second-order valence-electron chi connectivity index (χ2n) is 14.3. The van der Waals surface area contributed by atoms with Gasteiger partial charge in [0.25, 0.3) is 0 Å². The number of hydrogen-bond donors (Lipinski definition) is 0. The van der Waals surface area contributed by atoms with Crippen LogP contribution in [0.3, 0.4) is 0 Å². The van der Waals surface area contributed by atoms with E-state index in [1.807, 2.05) is 36.4 Å². The van der Waals surface area contributed by atoms with Gasteiger partial charge >= 0.3 is 0 Å². The van der Waals surface area contributed by atoms with Crippen LogP contribution in [0.2, 0.25) is 0 Å². The van der Waals surface area contributed by atoms with Gasteiger partial charge in [0.05, 0.1) is 6.57 Å². The molecular weight excluding hydrogens is 585 g/mol. The van der Waals surface area contributed by atoms with Crippen LogP contribution in [-0.2, 0) is 5.41 Å². The minimum Gasteiger partial charge on any atom is -0.238 e. The van der Waals surface area contributed by atoms with Gasteiger partial charge in [-0.15, -0.1) is 0 Å². The van der Waals surface area contributed by atoms with Gasteiger partial charge in [0.15, 0.2) is 23.2 Å². The van der Waals surface area contributed by atoms with Crippen LogP contribution in [0, 0.1) is 24.3 Å². The molecule has 4 bridgehead atoms. The monoisotopic (exact) mass is 620 g/mol. The minimum absolute atomic E-state index is 0.228. The lowest BCUT2D eigenvalue weighted by Crippen LogP contribution is -2.48. The Morgan fingerprint density at radius 2 is 0.938 bits per heavy atom. The second-order valence-corrected chi connectivity index (χ2v) is 14.3. The van der Waals surface area contributed by atoms with Gasteiger partial charge in [0.1, 0.15) is 0 Å². The highest BCUT2D eigenvalue weighted by Gasteiger charge is 2.51. The van der Waals surface area contributed by atoms with Crippen molar-refractivity contribution in [2.45, 2.75) is 43.9 Å². The molecule has 1 heterocycles. The third kappa shape index (κ3) is 5.30. The molecule has 4 heteroatoms. The fraction of sp³-hybridized carbons (Fsp3) is 0.227. The van der Waals surface area contributed by atoms with Crippen molar-refractivity contribution in [2.24, 2.45) is 17.8 Å². The van der Waals surface area contributed by atoms with Gasteiger partial charge < -0.3 is 0 Å². The summed E-state index contributed by atoms with van der Waals surface area (Å²) in [5.41, 5.74) is 9.67. The lowest BCUT2D eigenvalue weighted by Gasteiger charge is -2.57. The van der Waals surface area contributed by atoms with Crippen molar-refractivity contribution in [3.8, 4) is 56.4 Å². The average molecular weight is 621 g/mol. The molecule has 4 aliphatic rings. The summed E-state index contributed by atoms with van der Waals surface area (Å²) in [5.74, 6) is 4.48. The number of nitrogens with zero attached hydrogens (tertiary/aromatic N) is 4. The van der Waals surface area contributed by atoms with E-state index in [2.05, 4.69) is 95.8 Å². The van der Waals surface area contributed by atoms with E-state index >= 15 is 0 Å². The maximum atomic E-state index is 7.98. The standard InChI is InChI=1S/C44H36N4/c1-45-40-24-38(23-39(25-40)44-26-29-19-30(27-44)21-31(20-29)28-44)36-13-8-14-37(22-36)43-47-41(34-11-6-3-7-12-34)46-42(48-43)35-17-15-33(16-18-35)32-9-4-2-5-10-32/h2-18,22-25,29-31H,19-21,26-28H2. The molecule has 6 aromatic rings. The third-order valence-electron chi connectivity index (χ3n) is 11.1. The molecule has 0 aliphatic heterocycles. The fourth-order valence-electron chi connectivity index (χ4n) is 9.24. The van der Waals surface area contributed by atoms with Crippen molar-refractivity contribution in [2.75, 3.05) is 0 Å². The molecule has 0 N–H and O–H groups in total. The van der Waals surface area contributed by atoms with E-state index in [4.69, 9.17) is 21.5 Å². The molecule has 1 aromatic heterocycles. The molecule has 4 nitrogen and oxygen atoms in total. The van der Waals surface area contributed by atoms with Gasteiger partial charge in [-0.1, -0.05) is 121 Å². The van der Waals surface area contributed by atoms with Crippen LogP contribution in [0.5, 0.6) is 0 Å². The molecule has 232 valence electrons. The summed E-state index contributed by atoms with van der Waals surface area (Å²) in [5, 5.41) is 0. The van der Waals surface area contributed by atoms with E-state index in [0.29, 0.717) is 17.5 Å². The zero-order chi connectivity index (χ0) is 32.1. The molecule has 0 spiro atoms. The van der Waals surface area contributed by atoms with Gasteiger partial charge in [-0.2, -0.15) is 0 Å². The predicted molar refractivity (Wildman–Crippen MR) is 193 cm³/mol. The first-order valence-electron chi connectivity index (χ1n) is 17.2. The van der Waals surface area contributed by atoms with Crippen molar-refractivity contribution >= 4 is 5.69 Å². The Hall–Kier alpha value is -5.40. The van der Waals surface area contributed by atoms with Crippen LogP contribution in [0.15, 0.2) is 127 Å². The van der Waals surface area contributed by atoms with Gasteiger partial charge in [0, 0.05) is 16.7 Å². The van der Waals surface area contributed by atoms with Gasteiger partial charge in [0.2, 0.25) is 0 Å². The molecular formula is C44H36N4. The highest BCUT2D eigenvalue weighted by atomic mass is 15.0. The summed E-state index contributed by atoms with van der Waals surface area (Å²) in [6.07, 6.45) is 8.07. The second kappa shape index (κ2) is 11.7. The molecule has 4 aliphatic carbocycles. The first kappa shape index (κ1) is 28.8. The Bertz CT molecular complexity index is 2130. The lowest BCUT2D eigenvalue weighted by atomic mass is 9.48. The lowest BCUT2D eigenvalue weighted by molar-refractivity contribution is -0.00514. The van der Waals surface area contributed by atoms with Crippen LogP contribution >= 0.6 is 0 Å². The first-order chi connectivity index (χ1) is 23.6. The van der Waals surface area contributed by atoms with Crippen LogP contribution in [0.4, 0.5) is 5.69 Å². The van der Waals surface area contributed by atoms with Crippen LogP contribution in [-0.4, -0.2) is 15.0 Å². The quantitative estimate of drug-likeness (QED) is 0.174. The Kier molecular flexibility index (Phi) is 7.01. The van der Waals surface area contributed by atoms with E-state index in [1.165, 1.54) is 49.7 Å². The van der Waals surface area contributed by atoms with Crippen molar-refractivity contribution in [1.29, 1.82) is 0 Å². The van der Waals surface area contributed by atoms with Crippen LogP contribution < -0.4 is 0 Å². The SMILES string of the molecule is [C-]#[N+]c1cc(-c2cccc(-c3nc(-c4ccccc4)nc(-c4ccc(-c5ccccc5)cc4)n3)c2)cc(C23CC4CC(CC(C4)C2)C3)c1. The Morgan fingerprint density at radius 1 is 0.458 bits per heavy atom. The Labute approximate surface area is 282 Å². The van der Waals surface area contributed by atoms with E-state index < -0.39 is 0 Å². The van der Waals surface area contributed by atoms with E-state index in [0.717, 1.165) is 56.8 Å². The fourth-order valence-corrected chi connectivity index (χ4v) is 9.24. The molecule has 0 saturated heterocycles. The maximum absolute atomic E-state index is 7.98. The first-order valence-corrected chi connectivity index (χ1v) is 17.2. The highest BCUT2D eigenvalue weighted by Crippen LogP contribution is 2.61. The maximum Gasteiger partial charge on any atom is 0.188 e. The smallest absolute Gasteiger partial charge is 0.188 e. The summed E-state index contributed by atoms with van der Waals surface area (Å²) < 4.78 is 0. The van der Waals surface area contributed by atoms with Crippen molar-refractivity contribution in [3.63, 3.8) is 0 Å². The molecule has 10 rings (SSSR count). The largest absolute Gasteiger partial charge is 0.238 e. The van der Waals surface area contributed by atoms with E-state index in [1.54, 1.807) is 0 Å². The van der Waals surface area contributed by atoms with Crippen molar-refractivity contribution in [3.05, 3.63) is 144 Å². The summed E-state index contributed by atoms with van der Waals surface area (Å²) >= 11 is 0.